The lowest BCUT2D eigenvalue weighted by Gasteiger charge is -2.26. The van der Waals surface area contributed by atoms with Crippen molar-refractivity contribution in [1.29, 1.82) is 0 Å². The number of aliphatic carboxylic acids is 1. The summed E-state index contributed by atoms with van der Waals surface area (Å²) in [6.45, 7) is -0.385. The lowest BCUT2D eigenvalue weighted by Crippen LogP contribution is -2.59. The van der Waals surface area contributed by atoms with Crippen LogP contribution in [0.3, 0.4) is 0 Å². The highest BCUT2D eigenvalue weighted by atomic mass is 32.1. The van der Waals surface area contributed by atoms with Crippen molar-refractivity contribution in [2.75, 3.05) is 6.61 Å². The van der Waals surface area contributed by atoms with Crippen molar-refractivity contribution < 1.29 is 33.8 Å². The van der Waals surface area contributed by atoms with Crippen LogP contribution in [0.15, 0.2) is 114 Å². The summed E-state index contributed by atoms with van der Waals surface area (Å²) in [6, 6.07) is 26.6. The normalized spacial score (nSPS) is 20.1. The molecule has 5 aromatic rings. The number of carbonyl (C=O) groups is 5. The highest BCUT2D eigenvalue weighted by Crippen LogP contribution is 2.21. The second-order valence-corrected chi connectivity index (χ2v) is 14.7. The maximum Gasteiger partial charge on any atom is 0.326 e. The number of hydrogen-bond donors (Lipinski definition) is 5. The van der Waals surface area contributed by atoms with Gasteiger partial charge >= 0.3 is 5.97 Å². The molecule has 4 amide bonds. The Kier molecular flexibility index (Phi) is 12.3. The molecule has 0 radical (unpaired) electrons. The van der Waals surface area contributed by atoms with Crippen molar-refractivity contribution >= 4 is 52.3 Å². The maximum absolute atomic E-state index is 14.2. The summed E-state index contributed by atoms with van der Waals surface area (Å²) < 4.78 is 5.68. The van der Waals surface area contributed by atoms with Crippen LogP contribution in [0.4, 0.5) is 0 Å². The van der Waals surface area contributed by atoms with Crippen molar-refractivity contribution in [3.05, 3.63) is 135 Å². The van der Waals surface area contributed by atoms with Gasteiger partial charge in [0.05, 0.1) is 0 Å². The Balaban J connectivity index is 1.33. The van der Waals surface area contributed by atoms with E-state index >= 15 is 0 Å². The standard InChI is InChI=1S/C40H38N4O7S2/c45-36-24-51-29-16-12-26(13-17-29)21-35(40(49)50)44-39(48)34(23-31-9-5-19-53-31)43-37(46)32(42-38(47)33(41-36)22-30-8-4-18-52-30)20-25-10-14-28(15-11-25)27-6-2-1-3-7-27/h1-19,32-35H,20-24H2,(H,41,45)(H,42,47)(H,43,46)(H,44,48)(H,49,50)/t32-,33+,34+,35+/m1/s1. The Morgan fingerprint density at radius 2 is 1.17 bits per heavy atom. The minimum absolute atomic E-state index is 0.0381. The van der Waals surface area contributed by atoms with Crippen molar-refractivity contribution in [2.45, 2.75) is 49.9 Å². The van der Waals surface area contributed by atoms with Gasteiger partial charge in [-0.15, -0.1) is 22.7 Å². The van der Waals surface area contributed by atoms with Gasteiger partial charge in [0.1, 0.15) is 29.9 Å². The molecule has 2 aliphatic heterocycles. The van der Waals surface area contributed by atoms with Gasteiger partial charge in [0, 0.05) is 35.4 Å². The van der Waals surface area contributed by atoms with Crippen LogP contribution in [0.1, 0.15) is 20.9 Å². The van der Waals surface area contributed by atoms with Gasteiger partial charge in [-0.2, -0.15) is 0 Å². The highest BCUT2D eigenvalue weighted by Gasteiger charge is 2.32. The van der Waals surface area contributed by atoms with Gasteiger partial charge in [-0.3, -0.25) is 19.2 Å². The van der Waals surface area contributed by atoms with Crippen molar-refractivity contribution in [3.63, 3.8) is 0 Å². The molecule has 272 valence electrons. The molecule has 53 heavy (non-hydrogen) atoms. The summed E-state index contributed by atoms with van der Waals surface area (Å²) in [5.41, 5.74) is 3.34. The van der Waals surface area contributed by atoms with Gasteiger partial charge in [0.25, 0.3) is 5.91 Å². The number of fused-ring (bicyclic) bond motifs is 16. The van der Waals surface area contributed by atoms with E-state index in [4.69, 9.17) is 4.74 Å². The van der Waals surface area contributed by atoms with E-state index in [0.717, 1.165) is 26.4 Å². The first kappa shape index (κ1) is 37.0. The van der Waals surface area contributed by atoms with Crippen LogP contribution >= 0.6 is 22.7 Å². The van der Waals surface area contributed by atoms with E-state index in [1.807, 2.05) is 89.6 Å². The fourth-order valence-corrected chi connectivity index (χ4v) is 7.45. The predicted molar refractivity (Wildman–Crippen MR) is 203 cm³/mol. The van der Waals surface area contributed by atoms with Gasteiger partial charge in [-0.05, 0) is 57.3 Å². The zero-order valence-corrected chi connectivity index (χ0v) is 30.2. The Morgan fingerprint density at radius 1 is 0.623 bits per heavy atom. The molecule has 3 aromatic carbocycles. The number of hydrogen-bond acceptors (Lipinski definition) is 8. The van der Waals surface area contributed by atoms with Crippen LogP contribution < -0.4 is 26.0 Å². The summed E-state index contributed by atoms with van der Waals surface area (Å²) >= 11 is 2.83. The predicted octanol–water partition coefficient (Wildman–Crippen LogP) is 4.16. The first-order valence-corrected chi connectivity index (χ1v) is 18.8. The van der Waals surface area contributed by atoms with Crippen LogP contribution in [0, 0.1) is 0 Å². The monoisotopic (exact) mass is 750 g/mol. The molecule has 4 atom stereocenters. The molecule has 2 aromatic heterocycles. The molecule has 2 bridgehead atoms. The SMILES string of the molecule is O=C1COc2ccc(cc2)C[C@@H](C(=O)O)NC(=O)[C@H](Cc2cccs2)NC(=O)[C@@H](Cc2ccc(-c3ccccc3)cc2)NC(=O)[C@H](Cc2cccs2)N1. The van der Waals surface area contributed by atoms with E-state index in [1.54, 1.807) is 24.3 Å². The third-order valence-electron chi connectivity index (χ3n) is 8.74. The average molecular weight is 751 g/mol. The number of nitrogens with one attached hydrogen (secondary N) is 4. The Morgan fingerprint density at radius 3 is 1.74 bits per heavy atom. The van der Waals surface area contributed by atoms with E-state index < -0.39 is 53.8 Å². The molecule has 5 N–H and O–H groups in total. The van der Waals surface area contributed by atoms with Crippen LogP contribution in [0.2, 0.25) is 0 Å². The summed E-state index contributed by atoms with van der Waals surface area (Å²) in [6.07, 6.45) is 0.291. The number of ether oxygens (including phenoxy) is 1. The van der Waals surface area contributed by atoms with Crippen LogP contribution in [-0.4, -0.2) is 65.5 Å². The highest BCUT2D eigenvalue weighted by molar-refractivity contribution is 7.10. The van der Waals surface area contributed by atoms with Gasteiger partial charge in [-0.25, -0.2) is 4.79 Å². The first-order valence-electron chi connectivity index (χ1n) is 17.0. The topological polar surface area (TPSA) is 163 Å². The van der Waals surface area contributed by atoms with Crippen molar-refractivity contribution in [2.24, 2.45) is 0 Å². The van der Waals surface area contributed by atoms with E-state index in [1.165, 1.54) is 22.7 Å². The van der Waals surface area contributed by atoms with E-state index in [2.05, 4.69) is 21.3 Å². The van der Waals surface area contributed by atoms with Gasteiger partial charge in [-0.1, -0.05) is 78.9 Å². The summed E-state index contributed by atoms with van der Waals surface area (Å²) in [5, 5.41) is 24.8. The van der Waals surface area contributed by atoms with Gasteiger partial charge in [0.2, 0.25) is 17.7 Å². The Hall–Kier alpha value is -5.79. The molecule has 0 unspecified atom stereocenters. The zero-order chi connectivity index (χ0) is 37.2. The lowest BCUT2D eigenvalue weighted by atomic mass is 9.99. The molecule has 13 heteroatoms. The van der Waals surface area contributed by atoms with E-state index in [-0.39, 0.29) is 32.3 Å². The van der Waals surface area contributed by atoms with Gasteiger partial charge in [0.15, 0.2) is 6.61 Å². The Bertz CT molecular complexity index is 2000. The quantitative estimate of drug-likeness (QED) is 0.149. The number of rotatable bonds is 8. The fourth-order valence-electron chi connectivity index (χ4n) is 5.95. The molecular weight excluding hydrogens is 713 g/mol. The molecule has 0 aliphatic carbocycles. The van der Waals surface area contributed by atoms with Crippen LogP contribution in [0.25, 0.3) is 11.1 Å². The van der Waals surface area contributed by atoms with Crippen molar-refractivity contribution in [3.8, 4) is 16.9 Å². The number of carboxylic acid groups (broad SMARTS) is 1. The molecule has 0 saturated heterocycles. The number of amides is 4. The molecule has 7 rings (SSSR count). The zero-order valence-electron chi connectivity index (χ0n) is 28.5. The molecule has 11 nitrogen and oxygen atoms in total. The third-order valence-corrected chi connectivity index (χ3v) is 10.5. The largest absolute Gasteiger partial charge is 0.484 e. The number of carboxylic acids is 1. The maximum atomic E-state index is 14.2. The summed E-state index contributed by atoms with van der Waals surface area (Å²) in [4.78, 5) is 69.2. The Labute approximate surface area is 314 Å². The van der Waals surface area contributed by atoms with E-state index in [0.29, 0.717) is 11.3 Å². The molecular formula is C40H38N4O7S2. The van der Waals surface area contributed by atoms with Gasteiger partial charge < -0.3 is 31.1 Å². The molecule has 4 heterocycles. The minimum Gasteiger partial charge on any atom is -0.484 e. The average Bonchev–Trinajstić information content (AvgIpc) is 3.88. The summed E-state index contributed by atoms with van der Waals surface area (Å²) in [5.74, 6) is -3.35. The lowest BCUT2D eigenvalue weighted by molar-refractivity contribution is -0.142. The molecule has 0 fully saturated rings. The first-order chi connectivity index (χ1) is 25.7. The van der Waals surface area contributed by atoms with Crippen LogP contribution in [-0.2, 0) is 49.7 Å². The fraction of sp³-hybridized carbons (Fsp3) is 0.225. The van der Waals surface area contributed by atoms with Crippen molar-refractivity contribution in [1.82, 2.24) is 21.3 Å². The number of thiophene rings is 2. The van der Waals surface area contributed by atoms with E-state index in [9.17, 15) is 29.1 Å². The second kappa shape index (κ2) is 17.6. The minimum atomic E-state index is -1.30. The molecule has 0 spiro atoms. The second-order valence-electron chi connectivity index (χ2n) is 12.6. The molecule has 2 aliphatic rings. The third kappa shape index (κ3) is 10.4. The summed E-state index contributed by atoms with van der Waals surface area (Å²) in [7, 11) is 0. The number of carbonyl (C=O) groups excluding carboxylic acids is 4. The number of benzene rings is 3. The van der Waals surface area contributed by atoms with Crippen LogP contribution in [0.5, 0.6) is 5.75 Å². The smallest absolute Gasteiger partial charge is 0.326 e. The molecule has 0 saturated carbocycles.